The Morgan fingerprint density at radius 3 is 2.53 bits per heavy atom. The smallest absolute Gasteiger partial charge is 0.239 e. The van der Waals surface area contributed by atoms with Crippen LogP contribution in [0.3, 0.4) is 0 Å². The summed E-state index contributed by atoms with van der Waals surface area (Å²) in [5.74, 6) is 0.334. The van der Waals surface area contributed by atoms with Crippen LogP contribution in [0.1, 0.15) is 6.92 Å². The third-order valence-electron chi connectivity index (χ3n) is 2.95. The SMILES string of the molecule is CNC(=O)CN(C)C(=O)C(C)C1CNC1. The Labute approximate surface area is 90.2 Å². The van der Waals surface area contributed by atoms with E-state index in [1.165, 1.54) is 4.90 Å². The number of nitrogens with one attached hydrogen (secondary N) is 2. The van der Waals surface area contributed by atoms with Crippen molar-refractivity contribution in [1.82, 2.24) is 15.5 Å². The average molecular weight is 213 g/mol. The molecule has 0 bridgehead atoms. The quantitative estimate of drug-likeness (QED) is 0.633. The molecule has 0 spiro atoms. The largest absolute Gasteiger partial charge is 0.358 e. The number of carbonyl (C=O) groups is 2. The van der Waals surface area contributed by atoms with E-state index in [9.17, 15) is 9.59 Å². The van der Waals surface area contributed by atoms with E-state index in [0.29, 0.717) is 5.92 Å². The van der Waals surface area contributed by atoms with E-state index in [1.807, 2.05) is 6.92 Å². The number of hydrogen-bond acceptors (Lipinski definition) is 3. The van der Waals surface area contributed by atoms with E-state index < -0.39 is 0 Å². The summed E-state index contributed by atoms with van der Waals surface area (Å²) in [4.78, 5) is 24.4. The number of hydrogen-bond donors (Lipinski definition) is 2. The van der Waals surface area contributed by atoms with Gasteiger partial charge in [0.2, 0.25) is 11.8 Å². The van der Waals surface area contributed by atoms with Gasteiger partial charge in [-0.25, -0.2) is 0 Å². The zero-order valence-electron chi connectivity index (χ0n) is 9.54. The van der Waals surface area contributed by atoms with Gasteiger partial charge < -0.3 is 15.5 Å². The lowest BCUT2D eigenvalue weighted by Crippen LogP contribution is -2.50. The van der Waals surface area contributed by atoms with Gasteiger partial charge in [0.15, 0.2) is 0 Å². The number of carbonyl (C=O) groups excluding carboxylic acids is 2. The summed E-state index contributed by atoms with van der Waals surface area (Å²) >= 11 is 0. The lowest BCUT2D eigenvalue weighted by atomic mass is 9.88. The first-order valence-electron chi connectivity index (χ1n) is 5.22. The lowest BCUT2D eigenvalue weighted by molar-refractivity contribution is -0.139. The van der Waals surface area contributed by atoms with Crippen LogP contribution in [0.25, 0.3) is 0 Å². The highest BCUT2D eigenvalue weighted by atomic mass is 16.2. The van der Waals surface area contributed by atoms with Crippen LogP contribution in [-0.4, -0.2) is 50.4 Å². The number of amides is 2. The van der Waals surface area contributed by atoms with Crippen LogP contribution in [0.4, 0.5) is 0 Å². The van der Waals surface area contributed by atoms with E-state index in [4.69, 9.17) is 0 Å². The third kappa shape index (κ3) is 2.92. The van der Waals surface area contributed by atoms with Crippen LogP contribution in [0.15, 0.2) is 0 Å². The van der Waals surface area contributed by atoms with Gasteiger partial charge in [0.1, 0.15) is 0 Å². The Kier molecular flexibility index (Phi) is 4.08. The topological polar surface area (TPSA) is 61.4 Å². The van der Waals surface area contributed by atoms with Gasteiger partial charge in [0.05, 0.1) is 6.54 Å². The second-order valence-corrected chi connectivity index (χ2v) is 4.07. The molecule has 86 valence electrons. The molecule has 1 saturated heterocycles. The highest BCUT2D eigenvalue weighted by Gasteiger charge is 2.30. The van der Waals surface area contributed by atoms with Crippen molar-refractivity contribution in [2.24, 2.45) is 11.8 Å². The van der Waals surface area contributed by atoms with Crippen molar-refractivity contribution < 1.29 is 9.59 Å². The second-order valence-electron chi connectivity index (χ2n) is 4.07. The van der Waals surface area contributed by atoms with Crippen LogP contribution < -0.4 is 10.6 Å². The van der Waals surface area contributed by atoms with Gasteiger partial charge in [-0.05, 0) is 19.0 Å². The molecule has 0 aromatic carbocycles. The first-order valence-corrected chi connectivity index (χ1v) is 5.22. The fourth-order valence-electron chi connectivity index (χ4n) is 1.59. The molecule has 0 aromatic heterocycles. The third-order valence-corrected chi connectivity index (χ3v) is 2.95. The summed E-state index contributed by atoms with van der Waals surface area (Å²) in [6, 6.07) is 0. The number of likely N-dealkylation sites (N-methyl/N-ethyl adjacent to an activating group) is 2. The second kappa shape index (κ2) is 5.11. The van der Waals surface area contributed by atoms with Crippen LogP contribution >= 0.6 is 0 Å². The first-order chi connectivity index (χ1) is 7.06. The lowest BCUT2D eigenvalue weighted by Gasteiger charge is -2.33. The summed E-state index contributed by atoms with van der Waals surface area (Å²) in [6.45, 7) is 3.87. The fourth-order valence-corrected chi connectivity index (χ4v) is 1.59. The normalized spacial score (nSPS) is 17.8. The molecule has 0 aliphatic carbocycles. The van der Waals surface area contributed by atoms with Crippen LogP contribution in [0.2, 0.25) is 0 Å². The summed E-state index contributed by atoms with van der Waals surface area (Å²) < 4.78 is 0. The Balaban J connectivity index is 2.40. The minimum absolute atomic E-state index is 0.000839. The van der Waals surface area contributed by atoms with E-state index in [2.05, 4.69) is 10.6 Å². The van der Waals surface area contributed by atoms with Gasteiger partial charge in [0, 0.05) is 20.0 Å². The van der Waals surface area contributed by atoms with Crippen molar-refractivity contribution in [3.05, 3.63) is 0 Å². The molecule has 1 fully saturated rings. The summed E-state index contributed by atoms with van der Waals surface area (Å²) in [7, 11) is 3.24. The van der Waals surface area contributed by atoms with Crippen molar-refractivity contribution in [3.8, 4) is 0 Å². The predicted octanol–water partition coefficient (Wildman–Crippen LogP) is -0.954. The van der Waals surface area contributed by atoms with Gasteiger partial charge in [-0.1, -0.05) is 6.92 Å². The monoisotopic (exact) mass is 213 g/mol. The Morgan fingerprint density at radius 1 is 1.53 bits per heavy atom. The van der Waals surface area contributed by atoms with E-state index in [0.717, 1.165) is 13.1 Å². The molecular formula is C10H19N3O2. The molecule has 1 aliphatic rings. The van der Waals surface area contributed by atoms with Crippen molar-refractivity contribution in [3.63, 3.8) is 0 Å². The van der Waals surface area contributed by atoms with E-state index in [-0.39, 0.29) is 24.3 Å². The molecule has 2 amide bonds. The van der Waals surface area contributed by atoms with Gasteiger partial charge in [-0.15, -0.1) is 0 Å². The van der Waals surface area contributed by atoms with E-state index in [1.54, 1.807) is 14.1 Å². The maximum Gasteiger partial charge on any atom is 0.239 e. The van der Waals surface area contributed by atoms with Gasteiger partial charge >= 0.3 is 0 Å². The Hall–Kier alpha value is -1.10. The molecule has 1 unspecified atom stereocenters. The van der Waals surface area contributed by atoms with Crippen molar-refractivity contribution in [2.75, 3.05) is 33.7 Å². The zero-order valence-corrected chi connectivity index (χ0v) is 9.54. The van der Waals surface area contributed by atoms with Crippen LogP contribution in [0.5, 0.6) is 0 Å². The Morgan fingerprint density at radius 2 is 2.13 bits per heavy atom. The molecule has 15 heavy (non-hydrogen) atoms. The fraction of sp³-hybridized carbons (Fsp3) is 0.800. The molecule has 0 saturated carbocycles. The highest BCUT2D eigenvalue weighted by Crippen LogP contribution is 2.17. The van der Waals surface area contributed by atoms with Crippen molar-refractivity contribution in [2.45, 2.75) is 6.92 Å². The number of rotatable bonds is 4. The molecule has 1 heterocycles. The first kappa shape index (κ1) is 12.0. The molecule has 5 heteroatoms. The number of nitrogens with zero attached hydrogens (tertiary/aromatic N) is 1. The maximum atomic E-state index is 11.8. The van der Waals surface area contributed by atoms with Crippen LogP contribution in [-0.2, 0) is 9.59 Å². The summed E-state index contributed by atoms with van der Waals surface area (Å²) in [5, 5.41) is 5.64. The standard InChI is InChI=1S/C10H19N3O2/c1-7(8-4-12-5-8)10(15)13(3)6-9(14)11-2/h7-8,12H,4-6H2,1-3H3,(H,11,14). The minimum Gasteiger partial charge on any atom is -0.358 e. The van der Waals surface area contributed by atoms with Gasteiger partial charge in [-0.3, -0.25) is 9.59 Å². The molecule has 5 nitrogen and oxygen atoms in total. The predicted molar refractivity (Wildman–Crippen MR) is 57.2 cm³/mol. The van der Waals surface area contributed by atoms with E-state index >= 15 is 0 Å². The molecule has 2 N–H and O–H groups in total. The van der Waals surface area contributed by atoms with Gasteiger partial charge in [-0.2, -0.15) is 0 Å². The Bertz CT molecular complexity index is 251. The molecule has 1 rings (SSSR count). The van der Waals surface area contributed by atoms with Crippen molar-refractivity contribution >= 4 is 11.8 Å². The van der Waals surface area contributed by atoms with Crippen LogP contribution in [0, 0.1) is 11.8 Å². The molecule has 0 aromatic rings. The highest BCUT2D eigenvalue weighted by molar-refractivity contribution is 5.85. The minimum atomic E-state index is -0.134. The van der Waals surface area contributed by atoms with Gasteiger partial charge in [0.25, 0.3) is 0 Å². The molecule has 1 aliphatic heterocycles. The molecule has 0 radical (unpaired) electrons. The summed E-state index contributed by atoms with van der Waals surface area (Å²) in [5.41, 5.74) is 0. The van der Waals surface area contributed by atoms with Crippen molar-refractivity contribution in [1.29, 1.82) is 0 Å². The summed E-state index contributed by atoms with van der Waals surface area (Å²) in [6.07, 6.45) is 0. The maximum absolute atomic E-state index is 11.8. The molecular weight excluding hydrogens is 194 g/mol. The molecule has 1 atom stereocenters. The zero-order chi connectivity index (χ0) is 11.4. The average Bonchev–Trinajstić information content (AvgIpc) is 2.13.